The third-order valence-corrected chi connectivity index (χ3v) is 5.18. The Morgan fingerprint density at radius 1 is 1.08 bits per heavy atom. The Kier molecular flexibility index (Phi) is 5.85. The number of nitrogen functional groups attached to an aromatic ring is 1. The third kappa shape index (κ3) is 4.47. The number of rotatable bonds is 7. The number of nitrogens with zero attached hydrogens (tertiary/aromatic N) is 2. The predicted molar refractivity (Wildman–Crippen MR) is 110 cm³/mol. The summed E-state index contributed by atoms with van der Waals surface area (Å²) in [6.45, 7) is 8.79. The summed E-state index contributed by atoms with van der Waals surface area (Å²) in [7, 11) is 0. The number of nitrogens with two attached hydrogens (primary N) is 1. The summed E-state index contributed by atoms with van der Waals surface area (Å²) in [5.41, 5.74) is 12.5. The zero-order valence-electron chi connectivity index (χ0n) is 15.7. The molecule has 2 aromatic rings. The molecule has 0 radical (unpaired) electrons. The molecule has 3 rings (SSSR count). The zero-order valence-corrected chi connectivity index (χ0v) is 15.7. The second-order valence-corrected chi connectivity index (χ2v) is 7.11. The first-order valence-corrected chi connectivity index (χ1v) is 9.62. The predicted octanol–water partition coefficient (Wildman–Crippen LogP) is 4.64. The van der Waals surface area contributed by atoms with E-state index in [-0.39, 0.29) is 0 Å². The van der Waals surface area contributed by atoms with Gasteiger partial charge in [0.05, 0.1) is 11.4 Å². The topological polar surface area (TPSA) is 32.5 Å². The van der Waals surface area contributed by atoms with Gasteiger partial charge >= 0.3 is 0 Å². The molecule has 1 aliphatic rings. The molecule has 0 amide bonds. The molecule has 0 saturated carbocycles. The molecular formula is C22H31N3. The molecule has 25 heavy (non-hydrogen) atoms. The van der Waals surface area contributed by atoms with E-state index < -0.39 is 0 Å². The molecular weight excluding hydrogens is 306 g/mol. The van der Waals surface area contributed by atoms with Gasteiger partial charge in [-0.3, -0.25) is 0 Å². The summed E-state index contributed by atoms with van der Waals surface area (Å²) >= 11 is 0. The molecule has 0 aliphatic carbocycles. The SMILES string of the molecule is CCN(CCCc1ccc(N2CCCC2)c(N)c1)c1cccc(C)c1. The molecule has 2 N–H and O–H groups in total. The van der Waals surface area contributed by atoms with E-state index in [2.05, 4.69) is 66.1 Å². The molecule has 1 aliphatic heterocycles. The molecule has 0 aromatic heterocycles. The lowest BCUT2D eigenvalue weighted by atomic mass is 10.1. The summed E-state index contributed by atoms with van der Waals surface area (Å²) in [4.78, 5) is 4.87. The van der Waals surface area contributed by atoms with Crippen molar-refractivity contribution in [1.29, 1.82) is 0 Å². The first-order chi connectivity index (χ1) is 12.2. The van der Waals surface area contributed by atoms with Gasteiger partial charge in [-0.15, -0.1) is 0 Å². The van der Waals surface area contributed by atoms with Gasteiger partial charge in [-0.25, -0.2) is 0 Å². The Bertz CT molecular complexity index is 689. The van der Waals surface area contributed by atoms with E-state index in [1.165, 1.54) is 35.3 Å². The van der Waals surface area contributed by atoms with Crippen LogP contribution >= 0.6 is 0 Å². The maximum atomic E-state index is 6.31. The highest BCUT2D eigenvalue weighted by atomic mass is 15.2. The fourth-order valence-corrected chi connectivity index (χ4v) is 3.77. The third-order valence-electron chi connectivity index (χ3n) is 5.18. The zero-order chi connectivity index (χ0) is 17.6. The highest BCUT2D eigenvalue weighted by molar-refractivity contribution is 5.68. The molecule has 2 aromatic carbocycles. The molecule has 1 heterocycles. The quantitative estimate of drug-likeness (QED) is 0.747. The van der Waals surface area contributed by atoms with Crippen LogP contribution in [0.25, 0.3) is 0 Å². The van der Waals surface area contributed by atoms with Crippen LogP contribution in [0.15, 0.2) is 42.5 Å². The van der Waals surface area contributed by atoms with Crippen molar-refractivity contribution in [3.8, 4) is 0 Å². The van der Waals surface area contributed by atoms with Crippen LogP contribution in [0.2, 0.25) is 0 Å². The molecule has 3 heteroatoms. The van der Waals surface area contributed by atoms with E-state index in [1.807, 2.05) is 0 Å². The summed E-state index contributed by atoms with van der Waals surface area (Å²) in [5.74, 6) is 0. The number of aryl methyl sites for hydroxylation is 2. The first-order valence-electron chi connectivity index (χ1n) is 9.62. The van der Waals surface area contributed by atoms with Gasteiger partial charge in [-0.2, -0.15) is 0 Å². The maximum Gasteiger partial charge on any atom is 0.0600 e. The molecule has 3 nitrogen and oxygen atoms in total. The van der Waals surface area contributed by atoms with Crippen LogP contribution in [-0.2, 0) is 6.42 Å². The van der Waals surface area contributed by atoms with Crippen LogP contribution < -0.4 is 15.5 Å². The van der Waals surface area contributed by atoms with Crippen LogP contribution in [0.5, 0.6) is 0 Å². The Labute approximate surface area is 152 Å². The normalized spacial score (nSPS) is 14.1. The van der Waals surface area contributed by atoms with E-state index in [0.717, 1.165) is 44.7 Å². The van der Waals surface area contributed by atoms with Gasteiger partial charge in [-0.05, 0) is 74.9 Å². The average Bonchev–Trinajstić information content (AvgIpc) is 3.13. The van der Waals surface area contributed by atoms with Crippen LogP contribution in [0.4, 0.5) is 17.1 Å². The van der Waals surface area contributed by atoms with Crippen LogP contribution in [-0.4, -0.2) is 26.2 Å². The van der Waals surface area contributed by atoms with E-state index >= 15 is 0 Å². The van der Waals surface area contributed by atoms with Crippen molar-refractivity contribution in [3.63, 3.8) is 0 Å². The average molecular weight is 338 g/mol. The lowest BCUT2D eigenvalue weighted by Gasteiger charge is -2.24. The van der Waals surface area contributed by atoms with Crippen LogP contribution in [0, 0.1) is 6.92 Å². The van der Waals surface area contributed by atoms with E-state index in [0.29, 0.717) is 0 Å². The van der Waals surface area contributed by atoms with Gasteiger partial charge in [0.25, 0.3) is 0 Å². The Morgan fingerprint density at radius 2 is 1.88 bits per heavy atom. The van der Waals surface area contributed by atoms with Crippen molar-refractivity contribution in [2.24, 2.45) is 0 Å². The first kappa shape index (κ1) is 17.7. The van der Waals surface area contributed by atoms with Crippen molar-refractivity contribution in [1.82, 2.24) is 0 Å². The number of hydrogen-bond donors (Lipinski definition) is 1. The van der Waals surface area contributed by atoms with Crippen molar-refractivity contribution in [3.05, 3.63) is 53.6 Å². The van der Waals surface area contributed by atoms with Crippen molar-refractivity contribution in [2.75, 3.05) is 41.7 Å². The monoisotopic (exact) mass is 337 g/mol. The highest BCUT2D eigenvalue weighted by Crippen LogP contribution is 2.28. The number of anilines is 3. The molecule has 1 saturated heterocycles. The number of benzene rings is 2. The fourth-order valence-electron chi connectivity index (χ4n) is 3.77. The summed E-state index contributed by atoms with van der Waals surface area (Å²) < 4.78 is 0. The van der Waals surface area contributed by atoms with Crippen LogP contribution in [0.1, 0.15) is 37.3 Å². The maximum absolute atomic E-state index is 6.31. The molecule has 0 unspecified atom stereocenters. The summed E-state index contributed by atoms with van der Waals surface area (Å²) in [6, 6.07) is 15.4. The molecule has 0 atom stereocenters. The molecule has 1 fully saturated rings. The molecule has 134 valence electrons. The smallest absolute Gasteiger partial charge is 0.0600 e. The standard InChI is InChI=1S/C22H31N3/c1-3-24(20-10-6-8-18(2)16-20)15-7-9-19-11-12-22(21(23)17-19)25-13-4-5-14-25/h6,8,10-12,16-17H,3-5,7,9,13-15,23H2,1-2H3. The van der Waals surface area contributed by atoms with Crippen molar-refractivity contribution in [2.45, 2.75) is 39.5 Å². The van der Waals surface area contributed by atoms with Gasteiger partial charge in [0.15, 0.2) is 0 Å². The van der Waals surface area contributed by atoms with Gasteiger partial charge in [0.1, 0.15) is 0 Å². The Morgan fingerprint density at radius 3 is 2.56 bits per heavy atom. The minimum absolute atomic E-state index is 0.936. The lowest BCUT2D eigenvalue weighted by molar-refractivity contribution is 0.746. The van der Waals surface area contributed by atoms with Crippen molar-refractivity contribution >= 4 is 17.1 Å². The van der Waals surface area contributed by atoms with Gasteiger partial charge in [0, 0.05) is 31.9 Å². The van der Waals surface area contributed by atoms with Gasteiger partial charge < -0.3 is 15.5 Å². The number of hydrogen-bond acceptors (Lipinski definition) is 3. The second kappa shape index (κ2) is 8.28. The van der Waals surface area contributed by atoms with Crippen molar-refractivity contribution < 1.29 is 0 Å². The molecule has 0 bridgehead atoms. The highest BCUT2D eigenvalue weighted by Gasteiger charge is 2.14. The van der Waals surface area contributed by atoms with E-state index in [1.54, 1.807) is 0 Å². The summed E-state index contributed by atoms with van der Waals surface area (Å²) in [6.07, 6.45) is 4.79. The van der Waals surface area contributed by atoms with Gasteiger partial charge in [-0.1, -0.05) is 18.2 Å². The second-order valence-electron chi connectivity index (χ2n) is 7.11. The van der Waals surface area contributed by atoms with E-state index in [4.69, 9.17) is 5.73 Å². The minimum atomic E-state index is 0.936. The Balaban J connectivity index is 1.56. The summed E-state index contributed by atoms with van der Waals surface area (Å²) in [5, 5.41) is 0. The van der Waals surface area contributed by atoms with E-state index in [9.17, 15) is 0 Å². The van der Waals surface area contributed by atoms with Crippen LogP contribution in [0.3, 0.4) is 0 Å². The minimum Gasteiger partial charge on any atom is -0.397 e. The largest absolute Gasteiger partial charge is 0.397 e. The fraction of sp³-hybridized carbons (Fsp3) is 0.455. The Hall–Kier alpha value is -2.16. The van der Waals surface area contributed by atoms with Gasteiger partial charge in [0.2, 0.25) is 0 Å². The lowest BCUT2D eigenvalue weighted by Crippen LogP contribution is -2.24. The molecule has 0 spiro atoms.